The fraction of sp³-hybridized carbons (Fsp3) is 0.0833. The molecule has 1 heterocycles. The smallest absolute Gasteiger partial charge is 0.339 e. The van der Waals surface area contributed by atoms with Gasteiger partial charge < -0.3 is 10.4 Å². The molecule has 0 bridgehead atoms. The van der Waals surface area contributed by atoms with Crippen LogP contribution in [0.5, 0.6) is 0 Å². The lowest BCUT2D eigenvalue weighted by Gasteiger charge is -2.08. The first-order chi connectivity index (χ1) is 9.08. The number of carboxylic acid groups (broad SMARTS) is 1. The molecule has 0 atom stereocenters. The maximum absolute atomic E-state index is 13.4. The van der Waals surface area contributed by atoms with Crippen LogP contribution in [0.4, 0.5) is 14.5 Å². The van der Waals surface area contributed by atoms with Crippen LogP contribution in [0.1, 0.15) is 16.1 Å². The molecule has 1 aromatic heterocycles. The van der Waals surface area contributed by atoms with Crippen LogP contribution in [0.15, 0.2) is 30.7 Å². The summed E-state index contributed by atoms with van der Waals surface area (Å²) in [7, 11) is 0. The molecule has 0 aliphatic carbocycles. The Morgan fingerprint density at radius 3 is 2.84 bits per heavy atom. The van der Waals surface area contributed by atoms with Crippen molar-refractivity contribution in [2.75, 3.05) is 5.32 Å². The van der Waals surface area contributed by atoms with Gasteiger partial charge in [-0.15, -0.1) is 0 Å². The number of anilines is 1. The number of nitrogens with zero attached hydrogens (tertiary/aromatic N) is 2. The molecule has 2 aromatic rings. The van der Waals surface area contributed by atoms with Crippen LogP contribution < -0.4 is 5.32 Å². The number of rotatable bonds is 4. The molecule has 7 heteroatoms. The Kier molecular flexibility index (Phi) is 3.65. The molecule has 0 aliphatic heterocycles. The van der Waals surface area contributed by atoms with E-state index in [9.17, 15) is 13.6 Å². The monoisotopic (exact) mass is 265 g/mol. The predicted octanol–water partition coefficient (Wildman–Crippen LogP) is 2.07. The third kappa shape index (κ3) is 3.01. The Bertz CT molecular complexity index is 620. The van der Waals surface area contributed by atoms with Gasteiger partial charge in [0.1, 0.15) is 23.5 Å². The van der Waals surface area contributed by atoms with Gasteiger partial charge in [-0.05, 0) is 12.1 Å². The summed E-state index contributed by atoms with van der Waals surface area (Å²) in [5.41, 5.74) is 0.208. The zero-order chi connectivity index (χ0) is 13.8. The highest BCUT2D eigenvalue weighted by molar-refractivity contribution is 5.88. The number of nitrogens with one attached hydrogen (secondary N) is 1. The topological polar surface area (TPSA) is 75.1 Å². The van der Waals surface area contributed by atoms with Gasteiger partial charge >= 0.3 is 5.97 Å². The van der Waals surface area contributed by atoms with Gasteiger partial charge in [-0.25, -0.2) is 23.5 Å². The number of carbonyl (C=O) groups is 1. The lowest BCUT2D eigenvalue weighted by molar-refractivity contribution is 0.0694. The molecule has 0 amide bonds. The molecule has 0 unspecified atom stereocenters. The minimum Gasteiger partial charge on any atom is -0.478 e. The highest BCUT2D eigenvalue weighted by Crippen LogP contribution is 2.16. The quantitative estimate of drug-likeness (QED) is 0.885. The largest absolute Gasteiger partial charge is 0.478 e. The molecule has 1 aromatic carbocycles. The standard InChI is InChI=1S/C12H9F2N3O2/c13-7-1-2-10(9(14)3-7)16-5-11-8(12(18)19)4-15-6-17-11/h1-4,6,16H,5H2,(H,18,19). The van der Waals surface area contributed by atoms with Gasteiger partial charge in [0.2, 0.25) is 0 Å². The third-order valence-corrected chi connectivity index (χ3v) is 2.40. The van der Waals surface area contributed by atoms with Gasteiger partial charge in [-0.3, -0.25) is 0 Å². The number of aromatic carboxylic acids is 1. The minimum atomic E-state index is -1.17. The molecule has 0 spiro atoms. The summed E-state index contributed by atoms with van der Waals surface area (Å²) < 4.78 is 26.1. The van der Waals surface area contributed by atoms with Crippen LogP contribution in [0.25, 0.3) is 0 Å². The molecular weight excluding hydrogens is 256 g/mol. The maximum Gasteiger partial charge on any atom is 0.339 e. The van der Waals surface area contributed by atoms with Crippen LogP contribution in [0, 0.1) is 11.6 Å². The zero-order valence-electron chi connectivity index (χ0n) is 9.60. The van der Waals surface area contributed by atoms with Crippen molar-refractivity contribution in [3.63, 3.8) is 0 Å². The number of hydrogen-bond acceptors (Lipinski definition) is 4. The van der Waals surface area contributed by atoms with Crippen LogP contribution in [0.2, 0.25) is 0 Å². The highest BCUT2D eigenvalue weighted by atomic mass is 19.1. The van der Waals surface area contributed by atoms with Crippen molar-refractivity contribution in [2.45, 2.75) is 6.54 Å². The molecule has 0 fully saturated rings. The molecule has 0 saturated heterocycles. The van der Waals surface area contributed by atoms with E-state index in [0.717, 1.165) is 18.3 Å². The van der Waals surface area contributed by atoms with Crippen molar-refractivity contribution in [3.05, 3.63) is 53.6 Å². The van der Waals surface area contributed by atoms with Crippen LogP contribution in [0.3, 0.4) is 0 Å². The third-order valence-electron chi connectivity index (χ3n) is 2.40. The molecular formula is C12H9F2N3O2. The summed E-state index contributed by atoms with van der Waals surface area (Å²) >= 11 is 0. The second-order valence-corrected chi connectivity index (χ2v) is 3.67. The summed E-state index contributed by atoms with van der Waals surface area (Å²) in [5.74, 6) is -2.61. The van der Waals surface area contributed by atoms with E-state index in [1.54, 1.807) is 0 Å². The van der Waals surface area contributed by atoms with Crippen molar-refractivity contribution in [2.24, 2.45) is 0 Å². The van der Waals surface area contributed by atoms with Crippen molar-refractivity contribution < 1.29 is 18.7 Å². The molecule has 0 aliphatic rings. The van der Waals surface area contributed by atoms with Crippen molar-refractivity contribution in [1.82, 2.24) is 9.97 Å². The Morgan fingerprint density at radius 1 is 1.37 bits per heavy atom. The predicted molar refractivity (Wildman–Crippen MR) is 62.7 cm³/mol. The molecule has 98 valence electrons. The van der Waals surface area contributed by atoms with Crippen LogP contribution >= 0.6 is 0 Å². The lowest BCUT2D eigenvalue weighted by Crippen LogP contribution is -2.10. The number of carboxylic acids is 1. The van der Waals surface area contributed by atoms with E-state index in [4.69, 9.17) is 5.11 Å². The summed E-state index contributed by atoms with van der Waals surface area (Å²) in [5, 5.41) is 11.6. The van der Waals surface area contributed by atoms with E-state index in [0.29, 0.717) is 0 Å². The molecule has 2 rings (SSSR count). The van der Waals surface area contributed by atoms with E-state index in [1.165, 1.54) is 12.4 Å². The average Bonchev–Trinajstić information content (AvgIpc) is 2.38. The first kappa shape index (κ1) is 12.9. The Morgan fingerprint density at radius 2 is 2.16 bits per heavy atom. The van der Waals surface area contributed by atoms with Crippen LogP contribution in [-0.2, 0) is 6.54 Å². The normalized spacial score (nSPS) is 10.2. The molecule has 0 radical (unpaired) electrons. The highest BCUT2D eigenvalue weighted by Gasteiger charge is 2.11. The first-order valence-electron chi connectivity index (χ1n) is 5.29. The van der Waals surface area contributed by atoms with E-state index in [-0.39, 0.29) is 23.5 Å². The average molecular weight is 265 g/mol. The van der Waals surface area contributed by atoms with E-state index in [2.05, 4.69) is 15.3 Å². The van der Waals surface area contributed by atoms with Crippen molar-refractivity contribution >= 4 is 11.7 Å². The summed E-state index contributed by atoms with van der Waals surface area (Å²) in [6.45, 7) is -0.00724. The Labute approximate surface area is 106 Å². The number of halogens is 2. The summed E-state index contributed by atoms with van der Waals surface area (Å²) in [6, 6.07) is 3.07. The van der Waals surface area contributed by atoms with E-state index < -0.39 is 17.6 Å². The number of hydrogen-bond donors (Lipinski definition) is 2. The van der Waals surface area contributed by atoms with Gasteiger partial charge in [0.15, 0.2) is 0 Å². The van der Waals surface area contributed by atoms with Crippen molar-refractivity contribution in [1.29, 1.82) is 0 Å². The molecule has 5 nitrogen and oxygen atoms in total. The van der Waals surface area contributed by atoms with E-state index in [1.807, 2.05) is 0 Å². The molecule has 2 N–H and O–H groups in total. The number of benzene rings is 1. The summed E-state index contributed by atoms with van der Waals surface area (Å²) in [4.78, 5) is 18.3. The van der Waals surface area contributed by atoms with E-state index >= 15 is 0 Å². The van der Waals surface area contributed by atoms with Gasteiger partial charge in [-0.1, -0.05) is 0 Å². The second-order valence-electron chi connectivity index (χ2n) is 3.67. The Balaban J connectivity index is 2.17. The second kappa shape index (κ2) is 5.38. The maximum atomic E-state index is 13.4. The Hall–Kier alpha value is -2.57. The minimum absolute atomic E-state index is 0.00724. The van der Waals surface area contributed by atoms with Gasteiger partial charge in [0.05, 0.1) is 17.9 Å². The lowest BCUT2D eigenvalue weighted by atomic mass is 10.2. The SMILES string of the molecule is O=C(O)c1cncnc1CNc1ccc(F)cc1F. The van der Waals surface area contributed by atoms with Gasteiger partial charge in [0, 0.05) is 12.3 Å². The summed E-state index contributed by atoms with van der Waals surface area (Å²) in [6.07, 6.45) is 2.36. The fourth-order valence-corrected chi connectivity index (χ4v) is 1.49. The van der Waals surface area contributed by atoms with Crippen molar-refractivity contribution in [3.8, 4) is 0 Å². The fourth-order valence-electron chi connectivity index (χ4n) is 1.49. The van der Waals surface area contributed by atoms with Gasteiger partial charge in [-0.2, -0.15) is 0 Å². The molecule has 19 heavy (non-hydrogen) atoms. The zero-order valence-corrected chi connectivity index (χ0v) is 9.60. The van der Waals surface area contributed by atoms with Crippen LogP contribution in [-0.4, -0.2) is 21.0 Å². The van der Waals surface area contributed by atoms with Gasteiger partial charge in [0.25, 0.3) is 0 Å². The first-order valence-corrected chi connectivity index (χ1v) is 5.29. The number of aromatic nitrogens is 2. The molecule has 0 saturated carbocycles.